The highest BCUT2D eigenvalue weighted by atomic mass is 16.4. The number of amides is 2. The Morgan fingerprint density at radius 3 is 2.52 bits per heavy atom. The molecule has 1 aromatic heterocycles. The van der Waals surface area contributed by atoms with Gasteiger partial charge >= 0.3 is 5.97 Å². The third-order valence-electron chi connectivity index (χ3n) is 3.11. The number of hydrogen-bond acceptors (Lipinski definition) is 4. The fourth-order valence-electron chi connectivity index (χ4n) is 2.05. The summed E-state index contributed by atoms with van der Waals surface area (Å²) in [5.41, 5.74) is 0. The van der Waals surface area contributed by atoms with Crippen molar-refractivity contribution < 1.29 is 23.9 Å². The lowest BCUT2D eigenvalue weighted by atomic mass is 10.2. The number of aliphatic carboxylic acids is 1. The molecule has 1 atom stereocenters. The predicted octanol–water partition coefficient (Wildman–Crippen LogP) is 1.06. The van der Waals surface area contributed by atoms with Gasteiger partial charge in [0.15, 0.2) is 5.76 Å². The fraction of sp³-hybridized carbons (Fsp3) is 0.500. The fourth-order valence-corrected chi connectivity index (χ4v) is 2.05. The van der Waals surface area contributed by atoms with E-state index in [0.717, 1.165) is 0 Å². The molecule has 0 aromatic carbocycles. The zero-order valence-electron chi connectivity index (χ0n) is 12.4. The Hall–Kier alpha value is -2.31. The third kappa shape index (κ3) is 4.62. The number of likely N-dealkylation sites (N-methyl/N-ethyl adjacent to an activating group) is 2. The van der Waals surface area contributed by atoms with Crippen LogP contribution in [0.3, 0.4) is 0 Å². The molecular formula is C14H20N2O5. The Labute approximate surface area is 123 Å². The lowest BCUT2D eigenvalue weighted by Crippen LogP contribution is -2.45. The van der Waals surface area contributed by atoms with Crippen molar-refractivity contribution in [3.05, 3.63) is 24.2 Å². The molecule has 21 heavy (non-hydrogen) atoms. The molecule has 0 radical (unpaired) electrons. The van der Waals surface area contributed by atoms with Gasteiger partial charge in [0.1, 0.15) is 0 Å². The van der Waals surface area contributed by atoms with Gasteiger partial charge in [-0.3, -0.25) is 14.4 Å². The summed E-state index contributed by atoms with van der Waals surface area (Å²) in [4.78, 5) is 37.6. The minimum atomic E-state index is -0.964. The molecule has 0 aliphatic rings. The monoisotopic (exact) mass is 296 g/mol. The topological polar surface area (TPSA) is 91.1 Å². The first kappa shape index (κ1) is 16.7. The van der Waals surface area contributed by atoms with Gasteiger partial charge in [-0.1, -0.05) is 0 Å². The second-order valence-corrected chi connectivity index (χ2v) is 4.77. The van der Waals surface area contributed by atoms with Crippen molar-refractivity contribution in [3.63, 3.8) is 0 Å². The predicted molar refractivity (Wildman–Crippen MR) is 74.8 cm³/mol. The van der Waals surface area contributed by atoms with E-state index in [1.54, 1.807) is 19.9 Å². The van der Waals surface area contributed by atoms with Crippen LogP contribution < -0.4 is 0 Å². The van der Waals surface area contributed by atoms with E-state index < -0.39 is 17.9 Å². The van der Waals surface area contributed by atoms with Crippen LogP contribution in [-0.4, -0.2) is 58.9 Å². The van der Waals surface area contributed by atoms with Gasteiger partial charge in [-0.05, 0) is 26.0 Å². The summed E-state index contributed by atoms with van der Waals surface area (Å²) >= 11 is 0. The van der Waals surface area contributed by atoms with Crippen molar-refractivity contribution in [2.24, 2.45) is 0 Å². The Bertz CT molecular complexity index is 497. The molecule has 0 aliphatic carbocycles. The number of rotatable bonds is 7. The molecule has 1 rings (SSSR count). The van der Waals surface area contributed by atoms with Crippen molar-refractivity contribution in [3.8, 4) is 0 Å². The molecule has 0 aliphatic heterocycles. The Morgan fingerprint density at radius 2 is 2.05 bits per heavy atom. The van der Waals surface area contributed by atoms with Crippen LogP contribution in [0.15, 0.2) is 22.8 Å². The maximum absolute atomic E-state index is 12.2. The zero-order chi connectivity index (χ0) is 16.0. The minimum absolute atomic E-state index is 0.128. The molecule has 1 N–H and O–H groups in total. The molecule has 7 nitrogen and oxygen atoms in total. The number of carboxylic acid groups (broad SMARTS) is 1. The van der Waals surface area contributed by atoms with Crippen LogP contribution in [0.1, 0.15) is 30.8 Å². The Kier molecular flexibility index (Phi) is 5.95. The first-order valence-corrected chi connectivity index (χ1v) is 6.67. The van der Waals surface area contributed by atoms with Crippen molar-refractivity contribution in [2.75, 3.05) is 20.1 Å². The smallest absolute Gasteiger partial charge is 0.305 e. The minimum Gasteiger partial charge on any atom is -0.481 e. The number of hydrogen-bond donors (Lipinski definition) is 1. The van der Waals surface area contributed by atoms with Gasteiger partial charge in [0.2, 0.25) is 5.91 Å². The average Bonchev–Trinajstić information content (AvgIpc) is 2.91. The molecule has 0 fully saturated rings. The molecule has 1 unspecified atom stereocenters. The van der Waals surface area contributed by atoms with E-state index in [0.29, 0.717) is 6.54 Å². The molecule has 1 aromatic rings. The van der Waals surface area contributed by atoms with Crippen LogP contribution in [0.2, 0.25) is 0 Å². The highest BCUT2D eigenvalue weighted by Gasteiger charge is 2.24. The van der Waals surface area contributed by atoms with Crippen LogP contribution in [0.4, 0.5) is 0 Å². The Balaban J connectivity index is 2.65. The second kappa shape index (κ2) is 7.47. The maximum Gasteiger partial charge on any atom is 0.305 e. The number of carbonyl (C=O) groups is 3. The summed E-state index contributed by atoms with van der Waals surface area (Å²) in [6.07, 6.45) is 1.26. The molecule has 2 amide bonds. The summed E-state index contributed by atoms with van der Waals surface area (Å²) in [7, 11) is 1.50. The molecule has 0 spiro atoms. The first-order valence-electron chi connectivity index (χ1n) is 6.67. The Morgan fingerprint density at radius 1 is 1.38 bits per heavy atom. The van der Waals surface area contributed by atoms with E-state index >= 15 is 0 Å². The summed E-state index contributed by atoms with van der Waals surface area (Å²) in [6.45, 7) is 3.70. The largest absolute Gasteiger partial charge is 0.481 e. The van der Waals surface area contributed by atoms with E-state index in [4.69, 9.17) is 9.52 Å². The molecule has 116 valence electrons. The summed E-state index contributed by atoms with van der Waals surface area (Å²) in [5.74, 6) is -1.50. The number of nitrogens with zero attached hydrogens (tertiary/aromatic N) is 2. The van der Waals surface area contributed by atoms with E-state index in [1.807, 2.05) is 0 Å². The van der Waals surface area contributed by atoms with E-state index in [2.05, 4.69) is 0 Å². The van der Waals surface area contributed by atoms with Gasteiger partial charge in [-0.2, -0.15) is 0 Å². The standard InChI is InChI=1S/C14H20N2O5/c1-4-16(10(2)8-13(18)19)12(17)9-15(3)14(20)11-6-5-7-21-11/h5-7,10H,4,8-9H2,1-3H3,(H,18,19). The van der Waals surface area contributed by atoms with Crippen molar-refractivity contribution in [1.82, 2.24) is 9.80 Å². The lowest BCUT2D eigenvalue weighted by molar-refractivity contribution is -0.140. The third-order valence-corrected chi connectivity index (χ3v) is 3.11. The zero-order valence-corrected chi connectivity index (χ0v) is 12.4. The lowest BCUT2D eigenvalue weighted by Gasteiger charge is -2.28. The molecule has 0 saturated carbocycles. The number of carbonyl (C=O) groups excluding carboxylic acids is 2. The molecule has 7 heteroatoms. The van der Waals surface area contributed by atoms with Crippen molar-refractivity contribution in [1.29, 1.82) is 0 Å². The van der Waals surface area contributed by atoms with E-state index in [-0.39, 0.29) is 24.6 Å². The molecule has 1 heterocycles. The first-order chi connectivity index (χ1) is 9.86. The van der Waals surface area contributed by atoms with Crippen LogP contribution in [0.25, 0.3) is 0 Å². The quantitative estimate of drug-likeness (QED) is 0.812. The van der Waals surface area contributed by atoms with Crippen molar-refractivity contribution in [2.45, 2.75) is 26.3 Å². The van der Waals surface area contributed by atoms with Gasteiger partial charge in [-0.25, -0.2) is 0 Å². The summed E-state index contributed by atoms with van der Waals surface area (Å²) in [5, 5.41) is 8.79. The molecule has 0 bridgehead atoms. The average molecular weight is 296 g/mol. The molecular weight excluding hydrogens is 276 g/mol. The van der Waals surface area contributed by atoms with Crippen LogP contribution in [-0.2, 0) is 9.59 Å². The highest BCUT2D eigenvalue weighted by Crippen LogP contribution is 2.08. The van der Waals surface area contributed by atoms with Crippen LogP contribution in [0.5, 0.6) is 0 Å². The van der Waals surface area contributed by atoms with Crippen molar-refractivity contribution >= 4 is 17.8 Å². The SMILES string of the molecule is CCN(C(=O)CN(C)C(=O)c1ccco1)C(C)CC(=O)O. The number of carboxylic acids is 1. The van der Waals surface area contributed by atoms with Gasteiger partial charge in [0.05, 0.1) is 19.2 Å². The van der Waals surface area contributed by atoms with Gasteiger partial charge < -0.3 is 19.3 Å². The number of furan rings is 1. The normalized spacial score (nSPS) is 11.8. The summed E-state index contributed by atoms with van der Waals surface area (Å²) < 4.78 is 4.99. The van der Waals surface area contributed by atoms with Gasteiger partial charge in [0.25, 0.3) is 5.91 Å². The molecule has 0 saturated heterocycles. The summed E-state index contributed by atoms with van der Waals surface area (Å²) in [6, 6.07) is 2.69. The van der Waals surface area contributed by atoms with E-state index in [9.17, 15) is 14.4 Å². The van der Waals surface area contributed by atoms with E-state index in [1.165, 1.54) is 29.2 Å². The highest BCUT2D eigenvalue weighted by molar-refractivity contribution is 5.94. The van der Waals surface area contributed by atoms with Crippen LogP contribution >= 0.6 is 0 Å². The maximum atomic E-state index is 12.2. The van der Waals surface area contributed by atoms with Gasteiger partial charge in [-0.15, -0.1) is 0 Å². The van der Waals surface area contributed by atoms with Crippen LogP contribution in [0, 0.1) is 0 Å². The second-order valence-electron chi connectivity index (χ2n) is 4.77. The van der Waals surface area contributed by atoms with Gasteiger partial charge in [0, 0.05) is 19.6 Å².